The molecule has 0 amide bonds. The maximum Gasteiger partial charge on any atom is 0.0530 e. The molecule has 0 radical (unpaired) electrons. The first-order valence-corrected chi connectivity index (χ1v) is 10.8. The van der Waals surface area contributed by atoms with Crippen molar-refractivity contribution in [3.05, 3.63) is 35.4 Å². The molecule has 1 aromatic rings. The molecule has 0 aliphatic carbocycles. The van der Waals surface area contributed by atoms with Crippen LogP contribution in [0.1, 0.15) is 52.7 Å². The van der Waals surface area contributed by atoms with Gasteiger partial charge in [-0.3, -0.25) is 0 Å². The Balaban J connectivity index is 2.69. The number of aryl methyl sites for hydroxylation is 1. The smallest absolute Gasteiger partial charge is 0.0530 e. The van der Waals surface area contributed by atoms with Gasteiger partial charge in [-0.2, -0.15) is 0 Å². The highest BCUT2D eigenvalue weighted by molar-refractivity contribution is 6.79. The van der Waals surface area contributed by atoms with Crippen molar-refractivity contribution in [2.45, 2.75) is 77.6 Å². The molecule has 0 nitrogen and oxygen atoms in total. The van der Waals surface area contributed by atoms with Gasteiger partial charge >= 0.3 is 0 Å². The first kappa shape index (κ1) is 16.5. The molecule has 0 unspecified atom stereocenters. The summed E-state index contributed by atoms with van der Waals surface area (Å²) in [5.74, 6) is 0. The van der Waals surface area contributed by atoms with E-state index < -0.39 is 8.07 Å². The molecule has 0 saturated heterocycles. The zero-order chi connectivity index (χ0) is 14.5. The highest BCUT2D eigenvalue weighted by Crippen LogP contribution is 2.28. The van der Waals surface area contributed by atoms with Crippen LogP contribution >= 0.6 is 0 Å². The molecular formula is C18H32Si. The van der Waals surface area contributed by atoms with Gasteiger partial charge in [0, 0.05) is 0 Å². The molecule has 0 atom stereocenters. The maximum absolute atomic E-state index is 2.40. The largest absolute Gasteiger partial charge is 0.0678 e. The van der Waals surface area contributed by atoms with Crippen LogP contribution in [-0.4, -0.2) is 8.07 Å². The van der Waals surface area contributed by atoms with Crippen LogP contribution in [0.2, 0.25) is 24.2 Å². The maximum atomic E-state index is 2.40. The van der Waals surface area contributed by atoms with Gasteiger partial charge in [0.1, 0.15) is 0 Å². The first-order chi connectivity index (χ1) is 8.87. The van der Waals surface area contributed by atoms with E-state index in [0.717, 1.165) is 0 Å². The molecule has 0 N–H and O–H groups in total. The van der Waals surface area contributed by atoms with Gasteiger partial charge in [0.25, 0.3) is 0 Å². The van der Waals surface area contributed by atoms with Crippen LogP contribution in [0, 0.1) is 0 Å². The van der Waals surface area contributed by atoms with Crippen LogP contribution in [-0.2, 0) is 11.8 Å². The van der Waals surface area contributed by atoms with Gasteiger partial charge < -0.3 is 0 Å². The molecule has 19 heavy (non-hydrogen) atoms. The minimum atomic E-state index is -0.950. The van der Waals surface area contributed by atoms with Crippen molar-refractivity contribution in [3.8, 4) is 0 Å². The highest BCUT2D eigenvalue weighted by atomic mass is 28.3. The van der Waals surface area contributed by atoms with E-state index in [2.05, 4.69) is 65.8 Å². The Kier molecular flexibility index (Phi) is 5.85. The van der Waals surface area contributed by atoms with Crippen LogP contribution in [0.5, 0.6) is 0 Å². The number of rotatable bonds is 6. The summed E-state index contributed by atoms with van der Waals surface area (Å²) in [7, 11) is -0.950. The molecule has 108 valence electrons. The lowest BCUT2D eigenvalue weighted by molar-refractivity contribution is 0.590. The van der Waals surface area contributed by atoms with Gasteiger partial charge in [-0.25, -0.2) is 0 Å². The van der Waals surface area contributed by atoms with Gasteiger partial charge in [-0.1, -0.05) is 90.0 Å². The minimum absolute atomic E-state index is 0.271. The number of hydrogen-bond acceptors (Lipinski definition) is 0. The summed E-state index contributed by atoms with van der Waals surface area (Å²) in [5.41, 5.74) is 3.24. The van der Waals surface area contributed by atoms with Crippen molar-refractivity contribution in [3.63, 3.8) is 0 Å². The molecule has 0 spiro atoms. The summed E-state index contributed by atoms with van der Waals surface area (Å²) in [5, 5.41) is 0. The van der Waals surface area contributed by atoms with E-state index in [4.69, 9.17) is 0 Å². The zero-order valence-corrected chi connectivity index (χ0v) is 14.8. The second-order valence-corrected chi connectivity index (χ2v) is 12.6. The predicted molar refractivity (Wildman–Crippen MR) is 90.9 cm³/mol. The zero-order valence-electron chi connectivity index (χ0n) is 13.8. The highest BCUT2D eigenvalue weighted by Gasteiger charge is 2.25. The summed E-state index contributed by atoms with van der Waals surface area (Å²) < 4.78 is 0. The van der Waals surface area contributed by atoms with Crippen molar-refractivity contribution in [1.82, 2.24) is 0 Å². The third kappa shape index (κ3) is 4.49. The fraction of sp³-hybridized carbons (Fsp3) is 0.667. The van der Waals surface area contributed by atoms with Crippen molar-refractivity contribution in [2.75, 3.05) is 0 Å². The van der Waals surface area contributed by atoms with Crippen LogP contribution in [0.3, 0.4) is 0 Å². The SMILES string of the molecule is CC[Si](CC)(CC)CCc1ccc(C(C)(C)C)cc1. The summed E-state index contributed by atoms with van der Waals surface area (Å²) in [6.45, 7) is 14.1. The second kappa shape index (κ2) is 6.74. The molecule has 0 heterocycles. The molecular weight excluding hydrogens is 244 g/mol. The first-order valence-electron chi connectivity index (χ1n) is 7.96. The van der Waals surface area contributed by atoms with Crippen LogP contribution < -0.4 is 0 Å². The standard InChI is InChI=1S/C18H32Si/c1-7-19(8-2,9-3)15-14-16-10-12-17(13-11-16)18(4,5)6/h10-13H,7-9,14-15H2,1-6H3. The van der Waals surface area contributed by atoms with Crippen molar-refractivity contribution in [2.24, 2.45) is 0 Å². The predicted octanol–water partition coefficient (Wildman–Crippen LogP) is 6.04. The van der Waals surface area contributed by atoms with Crippen LogP contribution in [0.25, 0.3) is 0 Å². The molecule has 0 aromatic heterocycles. The van der Waals surface area contributed by atoms with E-state index in [9.17, 15) is 0 Å². The average molecular weight is 277 g/mol. The van der Waals surface area contributed by atoms with Gasteiger partial charge in [0.05, 0.1) is 8.07 Å². The van der Waals surface area contributed by atoms with Crippen molar-refractivity contribution < 1.29 is 0 Å². The quantitative estimate of drug-likeness (QED) is 0.556. The van der Waals surface area contributed by atoms with Gasteiger partial charge in [-0.05, 0) is 23.0 Å². The summed E-state index contributed by atoms with van der Waals surface area (Å²) in [4.78, 5) is 0. The molecule has 1 aromatic carbocycles. The van der Waals surface area contributed by atoms with E-state index in [-0.39, 0.29) is 5.41 Å². The Morgan fingerprint density at radius 3 is 1.68 bits per heavy atom. The summed E-state index contributed by atoms with van der Waals surface area (Å²) in [6.07, 6.45) is 1.28. The Labute approximate surface area is 121 Å². The van der Waals surface area contributed by atoms with Gasteiger partial charge in [0.15, 0.2) is 0 Å². The van der Waals surface area contributed by atoms with E-state index in [1.807, 2.05) is 0 Å². The normalized spacial score (nSPS) is 12.7. The van der Waals surface area contributed by atoms with Gasteiger partial charge in [-0.15, -0.1) is 0 Å². The lowest BCUT2D eigenvalue weighted by atomic mass is 9.86. The third-order valence-electron chi connectivity index (χ3n) is 5.01. The molecule has 0 bridgehead atoms. The number of benzene rings is 1. The van der Waals surface area contributed by atoms with Crippen LogP contribution in [0.15, 0.2) is 24.3 Å². The molecule has 0 aliphatic rings. The fourth-order valence-corrected chi connectivity index (χ4v) is 6.24. The third-order valence-corrected chi connectivity index (χ3v) is 10.8. The van der Waals surface area contributed by atoms with Gasteiger partial charge in [0.2, 0.25) is 0 Å². The summed E-state index contributed by atoms with van der Waals surface area (Å²) in [6, 6.07) is 15.1. The second-order valence-electron chi connectivity index (χ2n) is 7.01. The molecule has 0 saturated carbocycles. The monoisotopic (exact) mass is 276 g/mol. The molecule has 1 rings (SSSR count). The van der Waals surface area contributed by atoms with E-state index >= 15 is 0 Å². The Morgan fingerprint density at radius 1 is 0.842 bits per heavy atom. The van der Waals surface area contributed by atoms with E-state index in [1.165, 1.54) is 41.7 Å². The molecule has 1 heteroatoms. The van der Waals surface area contributed by atoms with Crippen molar-refractivity contribution in [1.29, 1.82) is 0 Å². The lowest BCUT2D eigenvalue weighted by Gasteiger charge is -2.28. The molecule has 0 fully saturated rings. The van der Waals surface area contributed by atoms with E-state index in [1.54, 1.807) is 0 Å². The minimum Gasteiger partial charge on any atom is -0.0678 e. The Morgan fingerprint density at radius 2 is 1.32 bits per heavy atom. The fourth-order valence-electron chi connectivity index (χ4n) is 2.86. The summed E-state index contributed by atoms with van der Waals surface area (Å²) >= 11 is 0. The van der Waals surface area contributed by atoms with Crippen molar-refractivity contribution >= 4 is 8.07 Å². The Bertz CT molecular complexity index is 357. The Hall–Kier alpha value is -0.563. The lowest BCUT2D eigenvalue weighted by Crippen LogP contribution is -2.31. The molecule has 0 aliphatic heterocycles. The van der Waals surface area contributed by atoms with E-state index in [0.29, 0.717) is 0 Å². The topological polar surface area (TPSA) is 0 Å². The average Bonchev–Trinajstić information content (AvgIpc) is 2.40. The number of hydrogen-bond donors (Lipinski definition) is 0. The van der Waals surface area contributed by atoms with Crippen LogP contribution in [0.4, 0.5) is 0 Å².